The fraction of sp³-hybridized carbons (Fsp3) is 0.357. The molecule has 19 heavy (non-hydrogen) atoms. The van der Waals surface area contributed by atoms with Gasteiger partial charge >= 0.3 is 0 Å². The lowest BCUT2D eigenvalue weighted by Gasteiger charge is -2.11. The highest BCUT2D eigenvalue weighted by atomic mass is 35.5. The molecule has 2 N–H and O–H groups in total. The van der Waals surface area contributed by atoms with Crippen LogP contribution in [0.2, 0.25) is 10.0 Å². The van der Waals surface area contributed by atoms with Crippen LogP contribution in [-0.4, -0.2) is 5.16 Å². The van der Waals surface area contributed by atoms with Crippen LogP contribution in [0, 0.1) is 0 Å². The summed E-state index contributed by atoms with van der Waals surface area (Å²) in [6.07, 6.45) is 2.06. The van der Waals surface area contributed by atoms with Crippen LogP contribution in [0.1, 0.15) is 38.3 Å². The molecule has 3 nitrogen and oxygen atoms in total. The van der Waals surface area contributed by atoms with Crippen molar-refractivity contribution in [1.29, 1.82) is 0 Å². The van der Waals surface area contributed by atoms with Crippen LogP contribution in [0.5, 0.6) is 0 Å². The number of rotatable bonds is 4. The van der Waals surface area contributed by atoms with E-state index in [1.165, 1.54) is 0 Å². The minimum absolute atomic E-state index is 0.244. The van der Waals surface area contributed by atoms with Crippen LogP contribution >= 0.6 is 23.2 Å². The molecule has 0 bridgehead atoms. The highest BCUT2D eigenvalue weighted by Gasteiger charge is 2.23. The van der Waals surface area contributed by atoms with E-state index in [1.54, 1.807) is 18.2 Å². The number of anilines is 1. The molecular formula is C14H16Cl2N2O. The molecule has 0 saturated heterocycles. The monoisotopic (exact) mass is 298 g/mol. The molecule has 0 amide bonds. The molecule has 5 heteroatoms. The zero-order chi connectivity index (χ0) is 14.0. The lowest BCUT2D eigenvalue weighted by Crippen LogP contribution is -1.97. The van der Waals surface area contributed by atoms with Gasteiger partial charge in [-0.3, -0.25) is 0 Å². The molecular weight excluding hydrogens is 283 g/mol. The summed E-state index contributed by atoms with van der Waals surface area (Å²) in [7, 11) is 0. The molecule has 0 aliphatic heterocycles. The SMILES string of the molecule is CCCC(C)c1noc(N)c1-c1c(Cl)cccc1Cl. The van der Waals surface area contributed by atoms with E-state index in [2.05, 4.69) is 19.0 Å². The average molecular weight is 299 g/mol. The number of nitrogen functional groups attached to an aromatic ring is 1. The molecule has 1 aromatic heterocycles. The summed E-state index contributed by atoms with van der Waals surface area (Å²) in [5.41, 5.74) is 8.13. The first kappa shape index (κ1) is 14.2. The minimum atomic E-state index is 0.244. The van der Waals surface area contributed by atoms with Crippen molar-refractivity contribution in [3.05, 3.63) is 33.9 Å². The first-order valence-electron chi connectivity index (χ1n) is 6.25. The highest BCUT2D eigenvalue weighted by Crippen LogP contribution is 2.42. The van der Waals surface area contributed by atoms with Crippen molar-refractivity contribution in [3.8, 4) is 11.1 Å². The summed E-state index contributed by atoms with van der Waals surface area (Å²) in [6, 6.07) is 5.36. The maximum absolute atomic E-state index is 6.24. The summed E-state index contributed by atoms with van der Waals surface area (Å²) >= 11 is 12.5. The predicted molar refractivity (Wildman–Crippen MR) is 79.7 cm³/mol. The van der Waals surface area contributed by atoms with Crippen LogP contribution in [0.25, 0.3) is 11.1 Å². The van der Waals surface area contributed by atoms with Gasteiger partial charge in [0.2, 0.25) is 5.88 Å². The number of aromatic nitrogens is 1. The molecule has 0 radical (unpaired) electrons. The second-order valence-electron chi connectivity index (χ2n) is 4.59. The number of halogens is 2. The fourth-order valence-electron chi connectivity index (χ4n) is 2.21. The van der Waals surface area contributed by atoms with Crippen LogP contribution in [0.4, 0.5) is 5.88 Å². The van der Waals surface area contributed by atoms with Gasteiger partial charge in [-0.1, -0.05) is 54.7 Å². The van der Waals surface area contributed by atoms with Crippen molar-refractivity contribution in [2.75, 3.05) is 5.73 Å². The van der Waals surface area contributed by atoms with Crippen molar-refractivity contribution < 1.29 is 4.52 Å². The fourth-order valence-corrected chi connectivity index (χ4v) is 2.80. The van der Waals surface area contributed by atoms with Gasteiger partial charge in [-0.05, 0) is 18.6 Å². The summed E-state index contributed by atoms with van der Waals surface area (Å²) in [5, 5.41) is 5.17. The molecule has 0 aliphatic carbocycles. The Hall–Kier alpha value is -1.19. The number of nitrogens with zero attached hydrogens (tertiary/aromatic N) is 1. The molecule has 1 atom stereocenters. The van der Waals surface area contributed by atoms with Gasteiger partial charge in [-0.2, -0.15) is 0 Å². The standard InChI is InChI=1S/C14H16Cl2N2O/c1-3-5-8(2)13-12(14(17)19-18-13)11-9(15)6-4-7-10(11)16/h4,6-8H,3,5,17H2,1-2H3. The second kappa shape index (κ2) is 5.85. The molecule has 2 rings (SSSR count). The van der Waals surface area contributed by atoms with E-state index >= 15 is 0 Å². The van der Waals surface area contributed by atoms with Crippen LogP contribution in [-0.2, 0) is 0 Å². The normalized spacial score (nSPS) is 12.6. The van der Waals surface area contributed by atoms with E-state index < -0.39 is 0 Å². The number of nitrogens with two attached hydrogens (primary N) is 1. The first-order valence-corrected chi connectivity index (χ1v) is 7.01. The number of hydrogen-bond acceptors (Lipinski definition) is 3. The highest BCUT2D eigenvalue weighted by molar-refractivity contribution is 6.39. The van der Waals surface area contributed by atoms with Crippen LogP contribution in [0.15, 0.2) is 22.7 Å². The largest absolute Gasteiger partial charge is 0.367 e. The van der Waals surface area contributed by atoms with Crippen molar-refractivity contribution in [2.45, 2.75) is 32.6 Å². The van der Waals surface area contributed by atoms with Crippen LogP contribution in [0.3, 0.4) is 0 Å². The van der Waals surface area contributed by atoms with Crippen molar-refractivity contribution >= 4 is 29.1 Å². The maximum atomic E-state index is 6.24. The van der Waals surface area contributed by atoms with Crippen LogP contribution < -0.4 is 5.73 Å². The van der Waals surface area contributed by atoms with E-state index in [9.17, 15) is 0 Å². The third-order valence-corrected chi connectivity index (χ3v) is 3.78. The van der Waals surface area contributed by atoms with Gasteiger partial charge in [0.15, 0.2) is 0 Å². The molecule has 2 aromatic rings. The summed E-state index contributed by atoms with van der Waals surface area (Å²) < 4.78 is 5.14. The molecule has 1 aromatic carbocycles. The lowest BCUT2D eigenvalue weighted by atomic mass is 9.95. The van der Waals surface area contributed by atoms with Gasteiger partial charge in [-0.15, -0.1) is 0 Å². The molecule has 1 unspecified atom stereocenters. The van der Waals surface area contributed by atoms with Crippen molar-refractivity contribution in [3.63, 3.8) is 0 Å². The van der Waals surface area contributed by atoms with E-state index in [4.69, 9.17) is 33.5 Å². The summed E-state index contributed by atoms with van der Waals surface area (Å²) in [5.74, 6) is 0.501. The Morgan fingerprint density at radius 3 is 2.47 bits per heavy atom. The maximum Gasteiger partial charge on any atom is 0.230 e. The average Bonchev–Trinajstić information content (AvgIpc) is 2.72. The Morgan fingerprint density at radius 1 is 1.26 bits per heavy atom. The van der Waals surface area contributed by atoms with Gasteiger partial charge < -0.3 is 10.3 Å². The number of benzene rings is 1. The molecule has 0 saturated carbocycles. The van der Waals surface area contributed by atoms with Gasteiger partial charge in [0.1, 0.15) is 0 Å². The quantitative estimate of drug-likeness (QED) is 0.851. The summed E-state index contributed by atoms with van der Waals surface area (Å²) in [6.45, 7) is 4.22. The van der Waals surface area contributed by atoms with Crippen molar-refractivity contribution in [1.82, 2.24) is 5.16 Å². The Balaban J connectivity index is 2.59. The topological polar surface area (TPSA) is 52.0 Å². The third-order valence-electron chi connectivity index (χ3n) is 3.15. The van der Waals surface area contributed by atoms with E-state index in [-0.39, 0.29) is 11.8 Å². The van der Waals surface area contributed by atoms with E-state index in [0.717, 1.165) is 24.1 Å². The molecule has 0 fully saturated rings. The molecule has 0 spiro atoms. The smallest absolute Gasteiger partial charge is 0.230 e. The Labute approximate surface area is 122 Å². The first-order chi connectivity index (χ1) is 9.06. The Bertz CT molecular complexity index is 561. The van der Waals surface area contributed by atoms with E-state index in [1.807, 2.05) is 0 Å². The molecule has 102 valence electrons. The lowest BCUT2D eigenvalue weighted by molar-refractivity contribution is 0.419. The third kappa shape index (κ3) is 2.72. The second-order valence-corrected chi connectivity index (χ2v) is 5.41. The van der Waals surface area contributed by atoms with Crippen molar-refractivity contribution in [2.24, 2.45) is 0 Å². The van der Waals surface area contributed by atoms with Gasteiger partial charge in [0, 0.05) is 11.5 Å². The Morgan fingerprint density at radius 2 is 1.89 bits per heavy atom. The minimum Gasteiger partial charge on any atom is -0.367 e. The Kier molecular flexibility index (Phi) is 4.38. The predicted octanol–water partition coefficient (Wildman–Crippen LogP) is 5.13. The zero-order valence-electron chi connectivity index (χ0n) is 10.9. The summed E-state index contributed by atoms with van der Waals surface area (Å²) in [4.78, 5) is 0. The van der Waals surface area contributed by atoms with E-state index in [0.29, 0.717) is 15.6 Å². The number of hydrogen-bond donors (Lipinski definition) is 1. The zero-order valence-corrected chi connectivity index (χ0v) is 12.4. The van der Waals surface area contributed by atoms with Gasteiger partial charge in [-0.25, -0.2) is 0 Å². The van der Waals surface area contributed by atoms with Gasteiger partial charge in [0.25, 0.3) is 0 Å². The molecule has 0 aliphatic rings. The molecule has 1 heterocycles. The van der Waals surface area contributed by atoms with Gasteiger partial charge in [0.05, 0.1) is 21.3 Å².